The smallest absolute Gasteiger partial charge is 0.102 e. The van der Waals surface area contributed by atoms with Crippen molar-refractivity contribution in [3.05, 3.63) is 117 Å². The fourth-order valence-electron chi connectivity index (χ4n) is 3.54. The quantitative estimate of drug-likeness (QED) is 0.371. The molecular weight excluding hydrogens is 380 g/mol. The van der Waals surface area contributed by atoms with Crippen molar-refractivity contribution in [2.24, 2.45) is 9.98 Å². The van der Waals surface area contributed by atoms with E-state index < -0.39 is 0 Å². The van der Waals surface area contributed by atoms with Gasteiger partial charge in [-0.25, -0.2) is 0 Å². The van der Waals surface area contributed by atoms with E-state index in [1.54, 1.807) is 22.7 Å². The third kappa shape index (κ3) is 3.26. The Bertz CT molecular complexity index is 1000. The highest BCUT2D eigenvalue weighted by Crippen LogP contribution is 2.40. The van der Waals surface area contributed by atoms with E-state index in [4.69, 9.17) is 9.98 Å². The average Bonchev–Trinajstić information content (AvgIpc) is 3.48. The molecule has 0 radical (unpaired) electrons. The molecule has 2 aromatic carbocycles. The Hall–Kier alpha value is -2.82. The van der Waals surface area contributed by atoms with Crippen LogP contribution in [0.2, 0.25) is 0 Å². The number of rotatable bonds is 4. The van der Waals surface area contributed by atoms with Crippen LogP contribution >= 0.6 is 22.7 Å². The van der Waals surface area contributed by atoms with Gasteiger partial charge in [-0.2, -0.15) is 0 Å². The maximum Gasteiger partial charge on any atom is 0.102 e. The zero-order valence-electron chi connectivity index (χ0n) is 15.1. The van der Waals surface area contributed by atoms with Crippen LogP contribution in [0.3, 0.4) is 0 Å². The summed E-state index contributed by atoms with van der Waals surface area (Å²) < 4.78 is 0. The molecule has 2 aromatic heterocycles. The molecule has 0 saturated carbocycles. The van der Waals surface area contributed by atoms with Gasteiger partial charge in [-0.05, 0) is 34.0 Å². The molecule has 0 amide bonds. The summed E-state index contributed by atoms with van der Waals surface area (Å²) in [4.78, 5) is 12.9. The van der Waals surface area contributed by atoms with Gasteiger partial charge in [-0.15, -0.1) is 22.7 Å². The zero-order chi connectivity index (χ0) is 18.8. The van der Waals surface area contributed by atoms with Crippen LogP contribution in [0, 0.1) is 0 Å². The highest BCUT2D eigenvalue weighted by atomic mass is 32.1. The summed E-state index contributed by atoms with van der Waals surface area (Å²) in [5.74, 6) is 0. The molecule has 2 unspecified atom stereocenters. The third-order valence-corrected chi connectivity index (χ3v) is 6.60. The van der Waals surface area contributed by atoms with E-state index in [1.807, 2.05) is 12.1 Å². The molecule has 0 saturated heterocycles. The summed E-state index contributed by atoms with van der Waals surface area (Å²) in [6.45, 7) is 0. The van der Waals surface area contributed by atoms with Gasteiger partial charge >= 0.3 is 0 Å². The molecule has 1 aliphatic heterocycles. The first-order valence-corrected chi connectivity index (χ1v) is 11.0. The molecule has 28 heavy (non-hydrogen) atoms. The number of hydrogen-bond donors (Lipinski definition) is 0. The van der Waals surface area contributed by atoms with Gasteiger partial charge in [0.05, 0.1) is 9.75 Å². The molecule has 136 valence electrons. The number of nitrogens with zero attached hydrogens (tertiary/aromatic N) is 2. The maximum atomic E-state index is 5.29. The summed E-state index contributed by atoms with van der Waals surface area (Å²) in [6, 6.07) is 29.4. The van der Waals surface area contributed by atoms with Gasteiger partial charge in [0.25, 0.3) is 0 Å². The van der Waals surface area contributed by atoms with Crippen LogP contribution in [0.1, 0.15) is 33.0 Å². The molecule has 0 N–H and O–H groups in total. The summed E-state index contributed by atoms with van der Waals surface area (Å²) >= 11 is 3.44. The van der Waals surface area contributed by atoms with Crippen molar-refractivity contribution in [3.8, 4) is 0 Å². The van der Waals surface area contributed by atoms with Gasteiger partial charge in [-0.1, -0.05) is 72.8 Å². The number of aliphatic imine (C=N–C) groups is 2. The summed E-state index contributed by atoms with van der Waals surface area (Å²) in [7, 11) is 0. The highest BCUT2D eigenvalue weighted by Gasteiger charge is 2.32. The van der Waals surface area contributed by atoms with E-state index in [0.717, 1.165) is 11.4 Å². The molecule has 4 heteroatoms. The first-order chi connectivity index (χ1) is 13.9. The Balaban J connectivity index is 1.71. The SMILES string of the molecule is c1ccc(C2N=C(c3cccs3)C(c3cccs3)=NC2c2ccccc2)cc1. The molecule has 2 nitrogen and oxygen atoms in total. The lowest BCUT2D eigenvalue weighted by Crippen LogP contribution is -2.25. The van der Waals surface area contributed by atoms with E-state index in [9.17, 15) is 0 Å². The first kappa shape index (κ1) is 17.3. The molecule has 0 aliphatic carbocycles. The van der Waals surface area contributed by atoms with Crippen LogP contribution in [0.4, 0.5) is 0 Å². The molecule has 3 heterocycles. The molecule has 5 rings (SSSR count). The number of benzene rings is 2. The Morgan fingerprint density at radius 3 is 1.29 bits per heavy atom. The average molecular weight is 399 g/mol. The summed E-state index contributed by atoms with van der Waals surface area (Å²) in [5, 5.41) is 4.20. The molecule has 2 atom stereocenters. The third-order valence-electron chi connectivity index (χ3n) is 4.85. The molecular formula is C24H18N2S2. The second-order valence-corrected chi connectivity index (χ2v) is 8.52. The Labute approximate surface area is 172 Å². The van der Waals surface area contributed by atoms with Crippen LogP contribution in [-0.4, -0.2) is 11.4 Å². The normalized spacial score (nSPS) is 19.1. The lowest BCUT2D eigenvalue weighted by atomic mass is 9.91. The van der Waals surface area contributed by atoms with Gasteiger partial charge in [0, 0.05) is 0 Å². The molecule has 4 aromatic rings. The van der Waals surface area contributed by atoms with E-state index in [1.165, 1.54) is 20.9 Å². The van der Waals surface area contributed by atoms with Crippen molar-refractivity contribution in [2.75, 3.05) is 0 Å². The minimum Gasteiger partial charge on any atom is -0.271 e. The second kappa shape index (κ2) is 7.66. The molecule has 0 fully saturated rings. The lowest BCUT2D eigenvalue weighted by molar-refractivity contribution is 0.575. The van der Waals surface area contributed by atoms with Crippen LogP contribution in [0.15, 0.2) is 106 Å². The van der Waals surface area contributed by atoms with E-state index in [-0.39, 0.29) is 12.1 Å². The van der Waals surface area contributed by atoms with Crippen molar-refractivity contribution >= 4 is 34.1 Å². The second-order valence-electron chi connectivity index (χ2n) is 6.62. The van der Waals surface area contributed by atoms with Crippen molar-refractivity contribution < 1.29 is 0 Å². The van der Waals surface area contributed by atoms with E-state index >= 15 is 0 Å². The Morgan fingerprint density at radius 2 is 0.929 bits per heavy atom. The number of thiophene rings is 2. The van der Waals surface area contributed by atoms with Gasteiger partial charge in [0.2, 0.25) is 0 Å². The monoisotopic (exact) mass is 398 g/mol. The van der Waals surface area contributed by atoms with Gasteiger partial charge < -0.3 is 0 Å². The highest BCUT2D eigenvalue weighted by molar-refractivity contribution is 7.15. The minimum absolute atomic E-state index is 0.0376. The minimum atomic E-state index is -0.0376. The fraction of sp³-hybridized carbons (Fsp3) is 0.0833. The molecule has 1 aliphatic rings. The van der Waals surface area contributed by atoms with E-state index in [2.05, 4.69) is 83.6 Å². The largest absolute Gasteiger partial charge is 0.271 e. The summed E-state index contributed by atoms with van der Waals surface area (Å²) in [6.07, 6.45) is 0. The predicted octanol–water partition coefficient (Wildman–Crippen LogP) is 6.58. The van der Waals surface area contributed by atoms with Crippen LogP contribution < -0.4 is 0 Å². The Morgan fingerprint density at radius 1 is 0.500 bits per heavy atom. The molecule has 0 bridgehead atoms. The van der Waals surface area contributed by atoms with Crippen LogP contribution in [0.25, 0.3) is 0 Å². The zero-order valence-corrected chi connectivity index (χ0v) is 16.7. The van der Waals surface area contributed by atoms with Crippen LogP contribution in [0.5, 0.6) is 0 Å². The van der Waals surface area contributed by atoms with Crippen molar-refractivity contribution in [2.45, 2.75) is 12.1 Å². The lowest BCUT2D eigenvalue weighted by Gasteiger charge is -2.28. The topological polar surface area (TPSA) is 24.7 Å². The van der Waals surface area contributed by atoms with E-state index in [0.29, 0.717) is 0 Å². The van der Waals surface area contributed by atoms with Gasteiger partial charge in [-0.3, -0.25) is 9.98 Å². The number of hydrogen-bond acceptors (Lipinski definition) is 4. The first-order valence-electron chi connectivity index (χ1n) is 9.24. The standard InChI is InChI=1S/C24H18N2S2/c1-3-9-17(10-4-1)21-22(18-11-5-2-6-12-18)26-24(20-14-8-16-28-20)23(25-21)19-13-7-15-27-19/h1-16,21-22H. The summed E-state index contributed by atoms with van der Waals surface area (Å²) in [5.41, 5.74) is 4.38. The Kier molecular flexibility index (Phi) is 4.73. The van der Waals surface area contributed by atoms with Gasteiger partial charge in [0.1, 0.15) is 23.5 Å². The predicted molar refractivity (Wildman–Crippen MR) is 120 cm³/mol. The molecule has 0 spiro atoms. The fourth-order valence-corrected chi connectivity index (χ4v) is 4.99. The van der Waals surface area contributed by atoms with Crippen molar-refractivity contribution in [1.82, 2.24) is 0 Å². The maximum absolute atomic E-state index is 5.29. The van der Waals surface area contributed by atoms with Crippen molar-refractivity contribution in [1.29, 1.82) is 0 Å². The van der Waals surface area contributed by atoms with Crippen LogP contribution in [-0.2, 0) is 0 Å². The van der Waals surface area contributed by atoms with Crippen molar-refractivity contribution in [3.63, 3.8) is 0 Å². The van der Waals surface area contributed by atoms with Gasteiger partial charge in [0.15, 0.2) is 0 Å².